The van der Waals surface area contributed by atoms with E-state index in [1.165, 1.54) is 19.3 Å². The van der Waals surface area contributed by atoms with Gasteiger partial charge in [-0.3, -0.25) is 14.5 Å². The number of anilines is 1. The second kappa shape index (κ2) is 9.28. The van der Waals surface area contributed by atoms with E-state index in [2.05, 4.69) is 10.2 Å². The molecule has 3 aromatic rings. The fourth-order valence-electron chi connectivity index (χ4n) is 3.67. The van der Waals surface area contributed by atoms with Gasteiger partial charge in [0.15, 0.2) is 11.5 Å². The van der Waals surface area contributed by atoms with Gasteiger partial charge >= 0.3 is 0 Å². The first-order valence-electron chi connectivity index (χ1n) is 10.1. The van der Waals surface area contributed by atoms with E-state index < -0.39 is 5.91 Å². The Balaban J connectivity index is 1.50. The first kappa shape index (κ1) is 20.4. The third kappa shape index (κ3) is 4.81. The summed E-state index contributed by atoms with van der Waals surface area (Å²) in [7, 11) is 0. The van der Waals surface area contributed by atoms with Gasteiger partial charge in [0, 0.05) is 16.1 Å². The quantitative estimate of drug-likeness (QED) is 0.540. The monoisotopic (exact) mass is 422 g/mol. The van der Waals surface area contributed by atoms with Crippen molar-refractivity contribution in [2.75, 3.05) is 18.4 Å². The van der Waals surface area contributed by atoms with Crippen LogP contribution in [0, 0.1) is 0 Å². The van der Waals surface area contributed by atoms with Gasteiger partial charge in [0.05, 0.1) is 12.2 Å². The van der Waals surface area contributed by atoms with Crippen LogP contribution in [0.2, 0.25) is 5.02 Å². The van der Waals surface area contributed by atoms with Crippen molar-refractivity contribution < 1.29 is 14.0 Å². The summed E-state index contributed by atoms with van der Waals surface area (Å²) in [5, 5.41) is 3.22. The lowest BCUT2D eigenvalue weighted by Crippen LogP contribution is -2.28. The molecule has 0 bridgehead atoms. The van der Waals surface area contributed by atoms with Crippen LogP contribution in [0.5, 0.6) is 0 Å². The molecule has 0 spiro atoms. The first-order valence-corrected chi connectivity index (χ1v) is 10.5. The van der Waals surface area contributed by atoms with Crippen LogP contribution in [0.25, 0.3) is 0 Å². The highest BCUT2D eigenvalue weighted by atomic mass is 35.5. The third-order valence-corrected chi connectivity index (χ3v) is 5.46. The van der Waals surface area contributed by atoms with Crippen LogP contribution in [-0.4, -0.2) is 29.7 Å². The Morgan fingerprint density at radius 1 is 0.967 bits per heavy atom. The molecule has 0 radical (unpaired) electrons. The van der Waals surface area contributed by atoms with Crippen molar-refractivity contribution in [2.24, 2.45) is 0 Å². The van der Waals surface area contributed by atoms with Gasteiger partial charge in [0.1, 0.15) is 5.76 Å². The van der Waals surface area contributed by atoms with Crippen LogP contribution < -0.4 is 5.32 Å². The highest BCUT2D eigenvalue weighted by molar-refractivity contribution is 6.31. The van der Waals surface area contributed by atoms with Crippen LogP contribution >= 0.6 is 11.6 Å². The molecule has 5 nitrogen and oxygen atoms in total. The molecule has 154 valence electrons. The fraction of sp³-hybridized carbons (Fsp3) is 0.250. The Morgan fingerprint density at radius 2 is 1.73 bits per heavy atom. The van der Waals surface area contributed by atoms with Crippen LogP contribution in [0.4, 0.5) is 5.69 Å². The minimum atomic E-state index is -0.399. The topological polar surface area (TPSA) is 62.6 Å². The second-order valence-corrected chi connectivity index (χ2v) is 7.88. The maximum atomic E-state index is 12.9. The number of benzene rings is 2. The molecule has 0 unspecified atom stereocenters. The molecule has 1 fully saturated rings. The van der Waals surface area contributed by atoms with Gasteiger partial charge in [-0.1, -0.05) is 48.4 Å². The number of nitrogens with one attached hydrogen (secondary N) is 1. The first-order chi connectivity index (χ1) is 14.6. The van der Waals surface area contributed by atoms with E-state index >= 15 is 0 Å². The van der Waals surface area contributed by atoms with Gasteiger partial charge in [0.2, 0.25) is 0 Å². The summed E-state index contributed by atoms with van der Waals surface area (Å²) >= 11 is 6.11. The molecular weight excluding hydrogens is 400 g/mol. The SMILES string of the molecule is O=C(Nc1ccc(Cl)cc1C(=O)c1ccccc1)c1ccc(CN2CCCCC2)o1. The minimum absolute atomic E-state index is 0.210. The predicted molar refractivity (Wildman–Crippen MR) is 117 cm³/mol. The number of halogens is 1. The lowest BCUT2D eigenvalue weighted by molar-refractivity contribution is 0.0992. The number of ketones is 1. The van der Waals surface area contributed by atoms with Gasteiger partial charge in [-0.15, -0.1) is 0 Å². The van der Waals surface area contributed by atoms with Crippen molar-refractivity contribution in [1.82, 2.24) is 4.90 Å². The summed E-state index contributed by atoms with van der Waals surface area (Å²) < 4.78 is 5.76. The zero-order valence-electron chi connectivity index (χ0n) is 16.6. The molecular formula is C24H23ClN2O3. The van der Waals surface area contributed by atoms with Crippen LogP contribution in [-0.2, 0) is 6.54 Å². The van der Waals surface area contributed by atoms with E-state index in [1.54, 1.807) is 48.5 Å². The molecule has 0 atom stereocenters. The van der Waals surface area contributed by atoms with Gasteiger partial charge in [-0.05, 0) is 56.3 Å². The average molecular weight is 423 g/mol. The van der Waals surface area contributed by atoms with Crippen LogP contribution in [0.1, 0.15) is 51.5 Å². The Kier molecular flexibility index (Phi) is 6.31. The number of amides is 1. The van der Waals surface area contributed by atoms with Crippen molar-refractivity contribution in [1.29, 1.82) is 0 Å². The Morgan fingerprint density at radius 3 is 2.50 bits per heavy atom. The number of piperidine rings is 1. The maximum absolute atomic E-state index is 12.9. The van der Waals surface area contributed by atoms with E-state index in [1.807, 2.05) is 12.1 Å². The van der Waals surface area contributed by atoms with E-state index in [9.17, 15) is 9.59 Å². The van der Waals surface area contributed by atoms with Crippen LogP contribution in [0.3, 0.4) is 0 Å². The number of likely N-dealkylation sites (tertiary alicyclic amines) is 1. The van der Waals surface area contributed by atoms with E-state index in [0.29, 0.717) is 28.4 Å². The second-order valence-electron chi connectivity index (χ2n) is 7.44. The third-order valence-electron chi connectivity index (χ3n) is 5.22. The van der Waals surface area contributed by atoms with E-state index in [-0.39, 0.29) is 11.5 Å². The standard InChI is InChI=1S/C24H23ClN2O3/c25-18-9-11-21(20(15-18)23(28)17-7-3-1-4-8-17)26-24(29)22-12-10-19(30-22)16-27-13-5-2-6-14-27/h1,3-4,7-12,15H,2,5-6,13-14,16H2,(H,26,29). The zero-order chi connectivity index (χ0) is 20.9. The summed E-state index contributed by atoms with van der Waals surface area (Å²) in [5.74, 6) is 0.372. The molecule has 1 aliphatic heterocycles. The average Bonchev–Trinajstić information content (AvgIpc) is 3.24. The van der Waals surface area contributed by atoms with E-state index in [0.717, 1.165) is 18.8 Å². The summed E-state index contributed by atoms with van der Waals surface area (Å²) in [5.41, 5.74) is 1.26. The smallest absolute Gasteiger partial charge is 0.291 e. The van der Waals surface area contributed by atoms with Crippen molar-refractivity contribution >= 4 is 29.0 Å². The Hall–Kier alpha value is -2.89. The number of hydrogen-bond donors (Lipinski definition) is 1. The number of nitrogens with zero attached hydrogens (tertiary/aromatic N) is 1. The molecule has 0 aliphatic carbocycles. The zero-order valence-corrected chi connectivity index (χ0v) is 17.3. The highest BCUT2D eigenvalue weighted by Crippen LogP contribution is 2.25. The normalized spacial score (nSPS) is 14.4. The molecule has 1 aliphatic rings. The van der Waals surface area contributed by atoms with Crippen molar-refractivity contribution in [3.8, 4) is 0 Å². The number of furan rings is 1. The molecule has 1 N–H and O–H groups in total. The molecule has 0 saturated carbocycles. The molecule has 30 heavy (non-hydrogen) atoms. The predicted octanol–water partition coefficient (Wildman–Crippen LogP) is 5.40. The lowest BCUT2D eigenvalue weighted by atomic mass is 10.0. The molecule has 4 rings (SSSR count). The minimum Gasteiger partial charge on any atom is -0.455 e. The van der Waals surface area contributed by atoms with Crippen molar-refractivity contribution in [3.63, 3.8) is 0 Å². The molecule has 6 heteroatoms. The van der Waals surface area contributed by atoms with Crippen molar-refractivity contribution in [3.05, 3.63) is 88.3 Å². The van der Waals surface area contributed by atoms with Crippen molar-refractivity contribution in [2.45, 2.75) is 25.8 Å². The molecule has 2 aromatic carbocycles. The van der Waals surface area contributed by atoms with Crippen LogP contribution in [0.15, 0.2) is 65.1 Å². The van der Waals surface area contributed by atoms with Gasteiger partial charge in [-0.25, -0.2) is 0 Å². The molecule has 1 aromatic heterocycles. The summed E-state index contributed by atoms with van der Waals surface area (Å²) in [6.07, 6.45) is 3.67. The Bertz CT molecular complexity index is 1040. The number of hydrogen-bond acceptors (Lipinski definition) is 4. The van der Waals surface area contributed by atoms with Gasteiger partial charge in [0.25, 0.3) is 5.91 Å². The summed E-state index contributed by atoms with van der Waals surface area (Å²) in [6, 6.07) is 17.2. The number of carbonyl (C=O) groups excluding carboxylic acids is 2. The van der Waals surface area contributed by atoms with Gasteiger partial charge in [-0.2, -0.15) is 0 Å². The molecule has 1 amide bonds. The largest absolute Gasteiger partial charge is 0.455 e. The van der Waals surface area contributed by atoms with E-state index in [4.69, 9.17) is 16.0 Å². The molecule has 1 saturated heterocycles. The van der Waals surface area contributed by atoms with Gasteiger partial charge < -0.3 is 9.73 Å². The number of rotatable bonds is 6. The fourth-order valence-corrected chi connectivity index (χ4v) is 3.84. The molecule has 2 heterocycles. The Labute approximate surface area is 180 Å². The highest BCUT2D eigenvalue weighted by Gasteiger charge is 2.19. The summed E-state index contributed by atoms with van der Waals surface area (Å²) in [6.45, 7) is 2.81. The lowest BCUT2D eigenvalue weighted by Gasteiger charge is -2.25. The summed E-state index contributed by atoms with van der Waals surface area (Å²) in [4.78, 5) is 28.0. The number of carbonyl (C=O) groups is 2. The maximum Gasteiger partial charge on any atom is 0.291 e.